The minimum absolute atomic E-state index is 0. The van der Waals surface area contributed by atoms with Crippen LogP contribution in [-0.2, 0) is 9.53 Å². The smallest absolute Gasteiger partial charge is 0.315 e. The first-order valence-corrected chi connectivity index (χ1v) is 12.2. The van der Waals surface area contributed by atoms with Crippen molar-refractivity contribution in [3.8, 4) is 0 Å². The van der Waals surface area contributed by atoms with Gasteiger partial charge in [0.1, 0.15) is 0 Å². The van der Waals surface area contributed by atoms with Crippen LogP contribution in [0.1, 0.15) is 37.3 Å². The van der Waals surface area contributed by atoms with Crippen molar-refractivity contribution in [1.29, 1.82) is 0 Å². The number of likely N-dealkylation sites (tertiary alicyclic amines) is 1. The average molecular weight is 481 g/mol. The molecule has 168 valence electrons. The molecule has 1 aliphatic heterocycles. The Kier molecular flexibility index (Phi) is 11.5. The second-order valence-corrected chi connectivity index (χ2v) is 8.95. The standard InChI is InChI=1S/C25H30ClNO2S.ClH/c1-2-29-24(28)19-30-18-6-15-27-16-13-22(14-17-27)25(20-7-4-3-5-8-20)21-9-11-23(26)12-10-21;/h3-5,7-12H,2,6,13-19H2,1H3;1H. The maximum atomic E-state index is 11.4. The molecule has 0 N–H and O–H groups in total. The number of carbonyl (C=O) groups is 1. The van der Waals surface area contributed by atoms with Crippen LogP contribution in [0, 0.1) is 0 Å². The number of benzene rings is 2. The molecule has 1 aliphatic rings. The topological polar surface area (TPSA) is 29.5 Å². The zero-order valence-corrected chi connectivity index (χ0v) is 20.4. The summed E-state index contributed by atoms with van der Waals surface area (Å²) in [5.41, 5.74) is 5.40. The highest BCUT2D eigenvalue weighted by molar-refractivity contribution is 7.99. The van der Waals surface area contributed by atoms with E-state index >= 15 is 0 Å². The molecule has 2 aromatic carbocycles. The fourth-order valence-corrected chi connectivity index (χ4v) is 4.69. The number of hydrogen-bond acceptors (Lipinski definition) is 4. The Morgan fingerprint density at radius 3 is 2.32 bits per heavy atom. The second-order valence-electron chi connectivity index (χ2n) is 7.40. The van der Waals surface area contributed by atoms with Gasteiger partial charge in [-0.2, -0.15) is 11.8 Å². The SMILES string of the molecule is CCOC(=O)CSCCCN1CCC(=C(c2ccccc2)c2ccc(Cl)cc2)CC1.Cl. The van der Waals surface area contributed by atoms with Crippen LogP contribution in [0.15, 0.2) is 60.2 Å². The van der Waals surface area contributed by atoms with E-state index in [9.17, 15) is 4.79 Å². The highest BCUT2D eigenvalue weighted by atomic mass is 35.5. The van der Waals surface area contributed by atoms with Crippen LogP contribution >= 0.6 is 35.8 Å². The van der Waals surface area contributed by atoms with Crippen molar-refractivity contribution in [2.24, 2.45) is 0 Å². The number of thioether (sulfide) groups is 1. The van der Waals surface area contributed by atoms with Crippen molar-refractivity contribution in [3.63, 3.8) is 0 Å². The summed E-state index contributed by atoms with van der Waals surface area (Å²) in [6, 6.07) is 18.9. The second kappa shape index (κ2) is 13.8. The Hall–Kier alpha value is -1.46. The van der Waals surface area contributed by atoms with E-state index in [1.54, 1.807) is 11.8 Å². The number of ether oxygens (including phenoxy) is 1. The maximum absolute atomic E-state index is 11.4. The van der Waals surface area contributed by atoms with Gasteiger partial charge < -0.3 is 9.64 Å². The molecule has 3 rings (SSSR count). The number of hydrogen-bond donors (Lipinski definition) is 0. The van der Waals surface area contributed by atoms with Crippen molar-refractivity contribution in [2.75, 3.05) is 37.7 Å². The van der Waals surface area contributed by atoms with Gasteiger partial charge in [0.2, 0.25) is 0 Å². The Labute approximate surface area is 201 Å². The van der Waals surface area contributed by atoms with Crippen LogP contribution in [0.4, 0.5) is 0 Å². The van der Waals surface area contributed by atoms with Crippen LogP contribution in [0.25, 0.3) is 5.57 Å². The van der Waals surface area contributed by atoms with E-state index in [4.69, 9.17) is 16.3 Å². The number of piperidine rings is 1. The molecule has 0 aliphatic carbocycles. The number of carbonyl (C=O) groups excluding carboxylic acids is 1. The molecule has 0 amide bonds. The minimum Gasteiger partial charge on any atom is -0.465 e. The van der Waals surface area contributed by atoms with Crippen LogP contribution in [0.2, 0.25) is 5.02 Å². The molecule has 3 nitrogen and oxygen atoms in total. The van der Waals surface area contributed by atoms with Gasteiger partial charge in [0.05, 0.1) is 12.4 Å². The molecule has 6 heteroatoms. The summed E-state index contributed by atoms with van der Waals surface area (Å²) in [4.78, 5) is 13.9. The largest absolute Gasteiger partial charge is 0.465 e. The maximum Gasteiger partial charge on any atom is 0.315 e. The van der Waals surface area contributed by atoms with Gasteiger partial charge in [0.15, 0.2) is 0 Å². The summed E-state index contributed by atoms with van der Waals surface area (Å²) in [7, 11) is 0. The first-order chi connectivity index (χ1) is 14.7. The first-order valence-electron chi connectivity index (χ1n) is 10.7. The molecule has 0 aromatic heterocycles. The van der Waals surface area contributed by atoms with Crippen molar-refractivity contribution < 1.29 is 9.53 Å². The van der Waals surface area contributed by atoms with Crippen LogP contribution < -0.4 is 0 Å². The Morgan fingerprint density at radius 2 is 1.68 bits per heavy atom. The fraction of sp³-hybridized carbons (Fsp3) is 0.400. The number of nitrogens with zero attached hydrogens (tertiary/aromatic N) is 1. The molecule has 0 saturated carbocycles. The summed E-state index contributed by atoms with van der Waals surface area (Å²) in [6.45, 7) is 5.57. The van der Waals surface area contributed by atoms with E-state index in [1.807, 2.05) is 19.1 Å². The third-order valence-electron chi connectivity index (χ3n) is 5.30. The number of esters is 1. The molecule has 0 bridgehead atoms. The Balaban J connectivity index is 0.00000341. The van der Waals surface area contributed by atoms with Crippen LogP contribution in [0.5, 0.6) is 0 Å². The van der Waals surface area contributed by atoms with E-state index < -0.39 is 0 Å². The average Bonchev–Trinajstić information content (AvgIpc) is 2.77. The molecular weight excluding hydrogens is 449 g/mol. The van der Waals surface area contributed by atoms with Gasteiger partial charge in [-0.3, -0.25) is 4.79 Å². The number of halogens is 2. The van der Waals surface area contributed by atoms with E-state index in [2.05, 4.69) is 47.4 Å². The van der Waals surface area contributed by atoms with Gasteiger partial charge in [-0.25, -0.2) is 0 Å². The quantitative estimate of drug-likeness (QED) is 0.309. The lowest BCUT2D eigenvalue weighted by Gasteiger charge is -2.30. The molecule has 2 aromatic rings. The number of rotatable bonds is 9. The van der Waals surface area contributed by atoms with Crippen molar-refractivity contribution in [2.45, 2.75) is 26.2 Å². The monoisotopic (exact) mass is 479 g/mol. The summed E-state index contributed by atoms with van der Waals surface area (Å²) >= 11 is 7.79. The molecule has 0 unspecified atom stereocenters. The van der Waals surface area contributed by atoms with E-state index in [1.165, 1.54) is 22.3 Å². The van der Waals surface area contributed by atoms with Crippen LogP contribution in [0.3, 0.4) is 0 Å². The molecule has 1 fully saturated rings. The Morgan fingerprint density at radius 1 is 1.03 bits per heavy atom. The summed E-state index contributed by atoms with van der Waals surface area (Å²) in [6.07, 6.45) is 3.28. The lowest BCUT2D eigenvalue weighted by Crippen LogP contribution is -2.32. The van der Waals surface area contributed by atoms with E-state index in [-0.39, 0.29) is 18.4 Å². The molecular formula is C25H31Cl2NO2S. The minimum atomic E-state index is -0.106. The molecule has 0 radical (unpaired) electrons. The lowest BCUT2D eigenvalue weighted by molar-refractivity contribution is -0.139. The highest BCUT2D eigenvalue weighted by Crippen LogP contribution is 2.33. The van der Waals surface area contributed by atoms with Crippen molar-refractivity contribution >= 4 is 47.3 Å². The van der Waals surface area contributed by atoms with Crippen LogP contribution in [-0.4, -0.2) is 48.6 Å². The lowest BCUT2D eigenvalue weighted by atomic mass is 9.88. The molecule has 31 heavy (non-hydrogen) atoms. The van der Waals surface area contributed by atoms with Gasteiger partial charge >= 0.3 is 5.97 Å². The summed E-state index contributed by atoms with van der Waals surface area (Å²) in [5.74, 6) is 1.35. The first kappa shape index (κ1) is 25.8. The van der Waals surface area contributed by atoms with Gasteiger partial charge in [-0.05, 0) is 67.3 Å². The third-order valence-corrected chi connectivity index (χ3v) is 6.57. The summed E-state index contributed by atoms with van der Waals surface area (Å²) < 4.78 is 4.97. The molecule has 0 spiro atoms. The normalized spacial score (nSPS) is 14.1. The fourth-order valence-electron chi connectivity index (χ4n) is 3.84. The van der Waals surface area contributed by atoms with E-state index in [0.29, 0.717) is 12.4 Å². The Bertz CT molecular complexity index is 830. The van der Waals surface area contributed by atoms with Gasteiger partial charge in [0, 0.05) is 18.1 Å². The molecule has 1 heterocycles. The van der Waals surface area contributed by atoms with Crippen molar-refractivity contribution in [1.82, 2.24) is 4.90 Å². The van der Waals surface area contributed by atoms with Gasteiger partial charge in [0.25, 0.3) is 0 Å². The zero-order chi connectivity index (χ0) is 21.2. The summed E-state index contributed by atoms with van der Waals surface area (Å²) in [5, 5.41) is 0.770. The molecule has 1 saturated heterocycles. The highest BCUT2D eigenvalue weighted by Gasteiger charge is 2.18. The van der Waals surface area contributed by atoms with Gasteiger partial charge in [-0.1, -0.05) is 59.6 Å². The zero-order valence-electron chi connectivity index (χ0n) is 18.0. The molecule has 0 atom stereocenters. The predicted octanol–water partition coefficient (Wildman–Crippen LogP) is 6.35. The van der Waals surface area contributed by atoms with Gasteiger partial charge in [-0.15, -0.1) is 12.4 Å². The van der Waals surface area contributed by atoms with E-state index in [0.717, 1.165) is 49.7 Å². The predicted molar refractivity (Wildman–Crippen MR) is 135 cm³/mol. The van der Waals surface area contributed by atoms with Crippen molar-refractivity contribution in [3.05, 3.63) is 76.3 Å². The third kappa shape index (κ3) is 8.19.